The third-order valence-electron chi connectivity index (χ3n) is 6.35. The van der Waals surface area contributed by atoms with Gasteiger partial charge in [0.25, 0.3) is 0 Å². The standard InChI is InChI=1S/C18H28N4O3S/c1-13-17(14(2)20(3)19-13)26(24,25)21-10-4-8-18(11-21)9-7-16(23)22(12-18)15-5-6-15/h15H,4-12H2,1-3H3/t18-/m0/s1. The normalized spacial score (nSPS) is 28.1. The predicted molar refractivity (Wildman–Crippen MR) is 97.1 cm³/mol. The number of aromatic nitrogens is 2. The molecule has 2 saturated heterocycles. The first-order chi connectivity index (χ1) is 12.2. The van der Waals surface area contributed by atoms with Gasteiger partial charge in [-0.3, -0.25) is 9.48 Å². The molecule has 3 fully saturated rings. The van der Waals surface area contributed by atoms with Crippen LogP contribution in [0.5, 0.6) is 0 Å². The van der Waals surface area contributed by atoms with Crippen LogP contribution in [0, 0.1) is 19.3 Å². The van der Waals surface area contributed by atoms with Crippen LogP contribution >= 0.6 is 0 Å². The lowest BCUT2D eigenvalue weighted by molar-refractivity contribution is -0.139. The molecule has 1 aromatic heterocycles. The molecule has 1 amide bonds. The van der Waals surface area contributed by atoms with Crippen LogP contribution in [0.25, 0.3) is 0 Å². The lowest BCUT2D eigenvalue weighted by atomic mass is 9.74. The summed E-state index contributed by atoms with van der Waals surface area (Å²) in [5.41, 5.74) is 1.15. The molecule has 4 rings (SSSR count). The minimum atomic E-state index is -3.57. The van der Waals surface area contributed by atoms with Gasteiger partial charge in [-0.1, -0.05) is 0 Å². The number of hydrogen-bond donors (Lipinski definition) is 0. The van der Waals surface area contributed by atoms with Crippen molar-refractivity contribution >= 4 is 15.9 Å². The molecule has 1 aromatic rings. The van der Waals surface area contributed by atoms with Crippen LogP contribution in [0.4, 0.5) is 0 Å². The Hall–Kier alpha value is -1.41. The number of sulfonamides is 1. The number of carbonyl (C=O) groups is 1. The van der Waals surface area contributed by atoms with E-state index in [-0.39, 0.29) is 11.3 Å². The second-order valence-corrected chi connectivity index (χ2v) is 10.2. The quantitative estimate of drug-likeness (QED) is 0.798. The fourth-order valence-corrected chi connectivity index (χ4v) is 6.71. The largest absolute Gasteiger partial charge is 0.339 e. The summed E-state index contributed by atoms with van der Waals surface area (Å²) in [6, 6.07) is 0.398. The van der Waals surface area contributed by atoms with Crippen molar-refractivity contribution < 1.29 is 13.2 Å². The first-order valence-corrected chi connectivity index (χ1v) is 11.0. The molecule has 1 spiro atoms. The Morgan fingerprint density at radius 3 is 2.50 bits per heavy atom. The average molecular weight is 381 g/mol. The van der Waals surface area contributed by atoms with Gasteiger partial charge in [0, 0.05) is 44.6 Å². The molecule has 0 bridgehead atoms. The smallest absolute Gasteiger partial charge is 0.246 e. The van der Waals surface area contributed by atoms with E-state index in [0.29, 0.717) is 48.4 Å². The molecular weight excluding hydrogens is 352 g/mol. The van der Waals surface area contributed by atoms with E-state index >= 15 is 0 Å². The average Bonchev–Trinajstić information content (AvgIpc) is 3.38. The molecule has 0 unspecified atom stereocenters. The molecule has 26 heavy (non-hydrogen) atoms. The second-order valence-electron chi connectivity index (χ2n) is 8.32. The summed E-state index contributed by atoms with van der Waals surface area (Å²) in [5.74, 6) is 0.247. The van der Waals surface area contributed by atoms with Gasteiger partial charge >= 0.3 is 0 Å². The molecule has 7 nitrogen and oxygen atoms in total. The van der Waals surface area contributed by atoms with Gasteiger partial charge in [0.05, 0.1) is 11.4 Å². The van der Waals surface area contributed by atoms with Crippen molar-refractivity contribution in [2.75, 3.05) is 19.6 Å². The molecule has 0 radical (unpaired) electrons. The number of aryl methyl sites for hydroxylation is 2. The minimum Gasteiger partial charge on any atom is -0.339 e. The number of rotatable bonds is 3. The molecule has 0 aromatic carbocycles. The van der Waals surface area contributed by atoms with E-state index in [0.717, 1.165) is 32.1 Å². The summed E-state index contributed by atoms with van der Waals surface area (Å²) in [6.45, 7) is 5.34. The van der Waals surface area contributed by atoms with Crippen molar-refractivity contribution in [1.29, 1.82) is 0 Å². The Balaban J connectivity index is 1.61. The van der Waals surface area contributed by atoms with E-state index in [2.05, 4.69) is 5.10 Å². The van der Waals surface area contributed by atoms with Gasteiger partial charge in [0.15, 0.2) is 0 Å². The predicted octanol–water partition coefficient (Wildman–Crippen LogP) is 1.59. The van der Waals surface area contributed by atoms with E-state index < -0.39 is 10.0 Å². The first-order valence-electron chi connectivity index (χ1n) is 9.53. The van der Waals surface area contributed by atoms with Crippen molar-refractivity contribution in [3.05, 3.63) is 11.4 Å². The number of hydrogen-bond acceptors (Lipinski definition) is 4. The Morgan fingerprint density at radius 1 is 1.15 bits per heavy atom. The Morgan fingerprint density at radius 2 is 1.88 bits per heavy atom. The molecule has 1 aliphatic carbocycles. The number of nitrogens with zero attached hydrogens (tertiary/aromatic N) is 4. The van der Waals surface area contributed by atoms with Crippen LogP contribution in [0.2, 0.25) is 0 Å². The summed E-state index contributed by atoms with van der Waals surface area (Å²) in [5, 5.41) is 4.29. The zero-order valence-electron chi connectivity index (χ0n) is 15.9. The molecule has 8 heteroatoms. The van der Waals surface area contributed by atoms with Crippen LogP contribution < -0.4 is 0 Å². The Labute approximate surface area is 155 Å². The summed E-state index contributed by atoms with van der Waals surface area (Å²) >= 11 is 0. The molecule has 0 N–H and O–H groups in total. The number of piperidine rings is 2. The van der Waals surface area contributed by atoms with Gasteiger partial charge in [-0.15, -0.1) is 0 Å². The van der Waals surface area contributed by atoms with Crippen molar-refractivity contribution in [3.8, 4) is 0 Å². The van der Waals surface area contributed by atoms with E-state index in [1.54, 1.807) is 29.9 Å². The van der Waals surface area contributed by atoms with Gasteiger partial charge in [-0.2, -0.15) is 9.40 Å². The highest BCUT2D eigenvalue weighted by molar-refractivity contribution is 7.89. The molecule has 3 aliphatic rings. The fraction of sp³-hybridized carbons (Fsp3) is 0.778. The van der Waals surface area contributed by atoms with E-state index in [4.69, 9.17) is 0 Å². The van der Waals surface area contributed by atoms with Gasteiger partial charge < -0.3 is 4.90 Å². The van der Waals surface area contributed by atoms with Crippen LogP contribution in [-0.2, 0) is 21.9 Å². The summed E-state index contributed by atoms with van der Waals surface area (Å²) in [6.07, 6.45) is 5.39. The molecular formula is C18H28N4O3S. The minimum absolute atomic E-state index is 0.0914. The van der Waals surface area contributed by atoms with Gasteiger partial charge in [0.2, 0.25) is 15.9 Å². The molecule has 1 saturated carbocycles. The maximum atomic E-state index is 13.4. The summed E-state index contributed by atoms with van der Waals surface area (Å²) in [4.78, 5) is 14.7. The zero-order chi connectivity index (χ0) is 18.7. The van der Waals surface area contributed by atoms with E-state index in [9.17, 15) is 13.2 Å². The highest BCUT2D eigenvalue weighted by atomic mass is 32.2. The first kappa shape index (κ1) is 18.0. The van der Waals surface area contributed by atoms with Crippen molar-refractivity contribution in [3.63, 3.8) is 0 Å². The highest BCUT2D eigenvalue weighted by Gasteiger charge is 2.48. The molecule has 1 atom stereocenters. The number of carbonyl (C=O) groups excluding carboxylic acids is 1. The van der Waals surface area contributed by atoms with E-state index in [1.807, 2.05) is 4.90 Å². The number of amides is 1. The lowest BCUT2D eigenvalue weighted by Crippen LogP contribution is -2.55. The zero-order valence-corrected chi connectivity index (χ0v) is 16.7. The maximum Gasteiger partial charge on any atom is 0.246 e. The Bertz CT molecular complexity index is 843. The molecule has 144 valence electrons. The van der Waals surface area contributed by atoms with Gasteiger partial charge in [-0.25, -0.2) is 8.42 Å². The van der Waals surface area contributed by atoms with E-state index in [1.165, 1.54) is 0 Å². The fourth-order valence-electron chi connectivity index (χ4n) is 4.72. The van der Waals surface area contributed by atoms with Crippen molar-refractivity contribution in [2.24, 2.45) is 12.5 Å². The van der Waals surface area contributed by atoms with Gasteiger partial charge in [0.1, 0.15) is 4.90 Å². The third kappa shape index (κ3) is 2.87. The lowest BCUT2D eigenvalue weighted by Gasteiger charge is -2.48. The Kier molecular flexibility index (Phi) is 4.19. The topological polar surface area (TPSA) is 75.5 Å². The maximum absolute atomic E-state index is 13.4. The molecule has 2 aliphatic heterocycles. The van der Waals surface area contributed by atoms with Crippen LogP contribution in [-0.4, -0.2) is 59.0 Å². The van der Waals surface area contributed by atoms with Gasteiger partial charge in [-0.05, 0) is 46.0 Å². The number of likely N-dealkylation sites (tertiary alicyclic amines) is 1. The third-order valence-corrected chi connectivity index (χ3v) is 8.45. The summed E-state index contributed by atoms with van der Waals surface area (Å²) in [7, 11) is -1.79. The van der Waals surface area contributed by atoms with Crippen LogP contribution in [0.3, 0.4) is 0 Å². The van der Waals surface area contributed by atoms with Crippen LogP contribution in [0.15, 0.2) is 4.90 Å². The highest BCUT2D eigenvalue weighted by Crippen LogP contribution is 2.43. The molecule has 3 heterocycles. The monoisotopic (exact) mass is 380 g/mol. The summed E-state index contributed by atoms with van der Waals surface area (Å²) < 4.78 is 30.0. The second kappa shape index (κ2) is 6.05. The SMILES string of the molecule is Cc1nn(C)c(C)c1S(=O)(=O)N1CCC[C@]2(CCC(=O)N(C3CC3)C2)C1. The van der Waals surface area contributed by atoms with Crippen molar-refractivity contribution in [2.45, 2.75) is 63.3 Å². The van der Waals surface area contributed by atoms with Crippen LogP contribution in [0.1, 0.15) is 49.9 Å². The van der Waals surface area contributed by atoms with Crippen molar-refractivity contribution in [1.82, 2.24) is 19.0 Å².